The number of pyridine rings is 1. The number of carboxylic acid groups (broad SMARTS) is 1. The van der Waals surface area contributed by atoms with Crippen LogP contribution in [0.2, 0.25) is 16.6 Å². The van der Waals surface area contributed by atoms with Crippen molar-refractivity contribution in [1.29, 1.82) is 0 Å². The third-order valence-corrected chi connectivity index (χ3v) is 14.8. The van der Waals surface area contributed by atoms with Crippen LogP contribution in [0.25, 0.3) is 11.0 Å². The van der Waals surface area contributed by atoms with Gasteiger partial charge in [-0.15, -0.1) is 0 Å². The smallest absolute Gasteiger partial charge is 0.409 e. The van der Waals surface area contributed by atoms with Gasteiger partial charge in [-0.1, -0.05) is 41.5 Å². The predicted octanol–water partition coefficient (Wildman–Crippen LogP) is 5.76. The lowest BCUT2D eigenvalue weighted by Crippen LogP contribution is -2.55. The summed E-state index contributed by atoms with van der Waals surface area (Å²) in [7, 11) is -0.537. The SMILES string of the molecule is COCN(C(=O)O)C1CC(O)(c2c(Br)cnc3c2ccn3[Si](C(C)C)(C(C)C)C(C)C)C1. The highest BCUT2D eigenvalue weighted by atomic mass is 79.9. The minimum absolute atomic E-state index is 0.00926. The summed E-state index contributed by atoms with van der Waals surface area (Å²) in [6.07, 6.45) is 3.56. The molecular weight excluding hydrogens is 490 g/mol. The Labute approximate surface area is 200 Å². The van der Waals surface area contributed by atoms with E-state index in [2.05, 4.69) is 74.0 Å². The van der Waals surface area contributed by atoms with Crippen LogP contribution < -0.4 is 0 Å². The van der Waals surface area contributed by atoms with Crippen LogP contribution in [0.15, 0.2) is 22.9 Å². The first-order chi connectivity index (χ1) is 14.9. The third-order valence-electron chi connectivity index (χ3n) is 7.43. The van der Waals surface area contributed by atoms with Crippen LogP contribution >= 0.6 is 15.9 Å². The molecule has 2 aromatic rings. The maximum Gasteiger partial charge on any atom is 0.409 e. The van der Waals surface area contributed by atoms with Gasteiger partial charge in [-0.25, -0.2) is 9.78 Å². The molecule has 0 radical (unpaired) electrons. The number of rotatable bonds is 8. The number of aliphatic hydroxyl groups is 1. The van der Waals surface area contributed by atoms with Crippen molar-refractivity contribution in [3.05, 3.63) is 28.5 Å². The third kappa shape index (κ3) is 3.80. The normalized spacial score (nSPS) is 21.6. The number of nitrogens with zero attached hydrogens (tertiary/aromatic N) is 3. The summed E-state index contributed by atoms with van der Waals surface area (Å²) in [6.45, 7) is 13.9. The molecule has 2 heterocycles. The second-order valence-electron chi connectivity index (χ2n) is 10.0. The molecule has 0 saturated heterocycles. The monoisotopic (exact) mass is 525 g/mol. The summed E-state index contributed by atoms with van der Waals surface area (Å²) >= 11 is 3.62. The molecule has 178 valence electrons. The molecule has 0 aliphatic heterocycles. The standard InChI is InChI=1S/C23H36BrN3O4Si/c1-14(2)32(15(3)4,16(5)6)27-9-8-18-20(19(24)12-25-21(18)27)23(30)10-17(11-23)26(13-31-7)22(28)29/h8-9,12,14-17,30H,10-11,13H2,1-7H3,(H,28,29). The van der Waals surface area contributed by atoms with Crippen LogP contribution in [0.3, 0.4) is 0 Å². The molecule has 1 saturated carbocycles. The number of aromatic nitrogens is 2. The summed E-state index contributed by atoms with van der Waals surface area (Å²) in [6, 6.07) is 1.79. The van der Waals surface area contributed by atoms with Gasteiger partial charge in [0.25, 0.3) is 0 Å². The van der Waals surface area contributed by atoms with E-state index in [1.54, 1.807) is 6.20 Å². The number of hydrogen-bond donors (Lipinski definition) is 2. The Bertz CT molecular complexity index is 963. The Morgan fingerprint density at radius 1 is 1.28 bits per heavy atom. The average molecular weight is 527 g/mol. The zero-order valence-electron chi connectivity index (χ0n) is 20.1. The van der Waals surface area contributed by atoms with E-state index in [9.17, 15) is 15.0 Å². The average Bonchev–Trinajstić information content (AvgIpc) is 3.07. The second kappa shape index (κ2) is 9.08. The van der Waals surface area contributed by atoms with E-state index in [0.29, 0.717) is 29.5 Å². The maximum atomic E-state index is 11.6. The topological polar surface area (TPSA) is 87.8 Å². The van der Waals surface area contributed by atoms with Gasteiger partial charge in [-0.05, 0) is 44.8 Å². The molecule has 0 spiro atoms. The van der Waals surface area contributed by atoms with Gasteiger partial charge in [0.1, 0.15) is 12.4 Å². The fraction of sp³-hybridized carbons (Fsp3) is 0.652. The quantitative estimate of drug-likeness (QED) is 0.338. The van der Waals surface area contributed by atoms with E-state index in [-0.39, 0.29) is 12.8 Å². The maximum absolute atomic E-state index is 11.6. The fourth-order valence-corrected chi connectivity index (χ4v) is 13.5. The molecule has 1 amide bonds. The van der Waals surface area contributed by atoms with Crippen molar-refractivity contribution in [2.45, 2.75) is 82.7 Å². The zero-order valence-corrected chi connectivity index (χ0v) is 22.7. The molecule has 9 heteroatoms. The first kappa shape index (κ1) is 25.2. The molecule has 1 aliphatic carbocycles. The number of ether oxygens (including phenoxy) is 1. The van der Waals surface area contributed by atoms with Crippen LogP contribution in [0.5, 0.6) is 0 Å². The molecule has 7 nitrogen and oxygen atoms in total. The molecule has 3 rings (SSSR count). The highest BCUT2D eigenvalue weighted by molar-refractivity contribution is 9.10. The zero-order chi connectivity index (χ0) is 24.0. The van der Waals surface area contributed by atoms with Crippen molar-refractivity contribution in [2.75, 3.05) is 13.8 Å². The van der Waals surface area contributed by atoms with E-state index in [0.717, 1.165) is 21.1 Å². The van der Waals surface area contributed by atoms with Crippen LogP contribution in [-0.2, 0) is 10.3 Å². The Morgan fingerprint density at radius 2 is 1.84 bits per heavy atom. The van der Waals surface area contributed by atoms with Gasteiger partial charge in [0.15, 0.2) is 8.24 Å². The van der Waals surface area contributed by atoms with Gasteiger partial charge in [-0.2, -0.15) is 0 Å². The molecule has 1 fully saturated rings. The van der Waals surface area contributed by atoms with Gasteiger partial charge in [0.2, 0.25) is 0 Å². The van der Waals surface area contributed by atoms with Crippen molar-refractivity contribution >= 4 is 41.3 Å². The molecular formula is C23H36BrN3O4Si. The largest absolute Gasteiger partial charge is 0.465 e. The Balaban J connectivity index is 2.10. The highest BCUT2D eigenvalue weighted by Crippen LogP contribution is 2.50. The molecule has 2 N–H and O–H groups in total. The van der Waals surface area contributed by atoms with Crippen molar-refractivity contribution in [2.24, 2.45) is 0 Å². The molecule has 1 aliphatic rings. The lowest BCUT2D eigenvalue weighted by atomic mass is 9.70. The summed E-state index contributed by atoms with van der Waals surface area (Å²) in [5.41, 5.74) is 2.15. The molecule has 0 unspecified atom stereocenters. The minimum atomic E-state index is -2.01. The minimum Gasteiger partial charge on any atom is -0.465 e. The second-order valence-corrected chi connectivity index (χ2v) is 16.6. The molecule has 0 atom stereocenters. The van der Waals surface area contributed by atoms with Gasteiger partial charge < -0.3 is 19.2 Å². The first-order valence-electron chi connectivity index (χ1n) is 11.3. The van der Waals surface area contributed by atoms with Crippen LogP contribution in [-0.4, -0.2) is 58.5 Å². The lowest BCUT2D eigenvalue weighted by Gasteiger charge is -2.48. The Morgan fingerprint density at radius 3 is 2.31 bits per heavy atom. The lowest BCUT2D eigenvalue weighted by molar-refractivity contribution is -0.107. The summed E-state index contributed by atoms with van der Waals surface area (Å²) in [4.78, 5) is 17.7. The highest BCUT2D eigenvalue weighted by Gasteiger charge is 2.51. The number of fused-ring (bicyclic) bond motifs is 1. The number of methoxy groups -OCH3 is 1. The number of carbonyl (C=O) groups is 1. The fourth-order valence-electron chi connectivity index (χ4n) is 6.28. The molecule has 32 heavy (non-hydrogen) atoms. The van der Waals surface area contributed by atoms with Crippen LogP contribution in [0.1, 0.15) is 59.9 Å². The van der Waals surface area contributed by atoms with E-state index in [1.165, 1.54) is 12.0 Å². The summed E-state index contributed by atoms with van der Waals surface area (Å²) in [5.74, 6) is 0. The van der Waals surface area contributed by atoms with Crippen molar-refractivity contribution in [3.63, 3.8) is 0 Å². The molecule has 2 aromatic heterocycles. The summed E-state index contributed by atoms with van der Waals surface area (Å²) < 4.78 is 8.23. The van der Waals surface area contributed by atoms with Crippen LogP contribution in [0, 0.1) is 0 Å². The first-order valence-corrected chi connectivity index (χ1v) is 14.3. The van der Waals surface area contributed by atoms with Gasteiger partial charge in [0.05, 0.1) is 5.60 Å². The van der Waals surface area contributed by atoms with Gasteiger partial charge in [0, 0.05) is 47.6 Å². The molecule has 0 bridgehead atoms. The predicted molar refractivity (Wildman–Crippen MR) is 133 cm³/mol. The van der Waals surface area contributed by atoms with Gasteiger partial charge >= 0.3 is 6.09 Å². The summed E-state index contributed by atoms with van der Waals surface area (Å²) in [5, 5.41) is 22.0. The Hall–Kier alpha value is -1.42. The van der Waals surface area contributed by atoms with Crippen molar-refractivity contribution < 1.29 is 19.7 Å². The number of halogens is 1. The van der Waals surface area contributed by atoms with E-state index in [4.69, 9.17) is 9.72 Å². The van der Waals surface area contributed by atoms with Crippen LogP contribution in [0.4, 0.5) is 4.79 Å². The molecule has 0 aromatic carbocycles. The number of amides is 1. The van der Waals surface area contributed by atoms with Crippen molar-refractivity contribution in [1.82, 2.24) is 14.1 Å². The van der Waals surface area contributed by atoms with Gasteiger partial charge in [-0.3, -0.25) is 4.90 Å². The Kier molecular flexibility index (Phi) is 7.15. The van der Waals surface area contributed by atoms with Crippen molar-refractivity contribution in [3.8, 4) is 0 Å². The number of hydrogen-bond acceptors (Lipinski definition) is 4. The van der Waals surface area contributed by atoms with E-state index >= 15 is 0 Å². The van der Waals surface area contributed by atoms with E-state index in [1.807, 2.05) is 0 Å². The van der Waals surface area contributed by atoms with E-state index < -0.39 is 19.9 Å².